The summed E-state index contributed by atoms with van der Waals surface area (Å²) in [4.78, 5) is 25.2. The van der Waals surface area contributed by atoms with Crippen LogP contribution in [0, 0.1) is 10.8 Å². The van der Waals surface area contributed by atoms with Gasteiger partial charge in [0.1, 0.15) is 5.76 Å². The van der Waals surface area contributed by atoms with Crippen LogP contribution in [0.2, 0.25) is 0 Å². The lowest BCUT2D eigenvalue weighted by molar-refractivity contribution is -0.155. The number of aliphatic hydroxyl groups is 1. The maximum absolute atomic E-state index is 12.7. The van der Waals surface area contributed by atoms with Crippen LogP contribution in [-0.4, -0.2) is 22.5 Å². The Balaban J connectivity index is 2.21. The number of carbonyl (C=O) groups is 2. The highest BCUT2D eigenvalue weighted by Crippen LogP contribution is 2.51. The van der Waals surface area contributed by atoms with Crippen LogP contribution in [0.4, 0.5) is 0 Å². The SMILES string of the molecule is CC1(C)CC(=O)C2=C(C1)OC(C)(O)C1=C2CC(C)(C)CC1=O. The van der Waals surface area contributed by atoms with Gasteiger partial charge in [0.15, 0.2) is 11.6 Å². The van der Waals surface area contributed by atoms with Crippen molar-refractivity contribution in [3.05, 3.63) is 22.5 Å². The fourth-order valence-corrected chi connectivity index (χ4v) is 4.05. The molecule has 0 aromatic carbocycles. The van der Waals surface area contributed by atoms with Gasteiger partial charge in [0, 0.05) is 26.2 Å². The summed E-state index contributed by atoms with van der Waals surface area (Å²) in [6, 6.07) is 0. The topological polar surface area (TPSA) is 63.6 Å². The molecule has 0 bridgehead atoms. The van der Waals surface area contributed by atoms with Crippen LogP contribution in [0.3, 0.4) is 0 Å². The zero-order valence-corrected chi connectivity index (χ0v) is 14.0. The Bertz CT molecular complexity index is 644. The quantitative estimate of drug-likeness (QED) is 0.747. The first kappa shape index (κ1) is 15.5. The standard InChI is InChI=1S/C18H24O4/c1-16(2)6-10-14-11(19)7-17(3,4)9-13(14)22-18(5,21)15(10)12(20)8-16/h21H,6-9H2,1-5H3. The van der Waals surface area contributed by atoms with E-state index in [0.717, 1.165) is 0 Å². The van der Waals surface area contributed by atoms with E-state index in [1.165, 1.54) is 6.92 Å². The second kappa shape index (κ2) is 4.31. The molecule has 1 unspecified atom stereocenters. The number of hydrogen-bond donors (Lipinski definition) is 1. The number of fused-ring (bicyclic) bond motifs is 1. The van der Waals surface area contributed by atoms with Gasteiger partial charge >= 0.3 is 0 Å². The molecule has 22 heavy (non-hydrogen) atoms. The molecule has 1 heterocycles. The summed E-state index contributed by atoms with van der Waals surface area (Å²) in [5.41, 5.74) is 1.18. The van der Waals surface area contributed by atoms with Gasteiger partial charge < -0.3 is 9.84 Å². The molecule has 0 saturated heterocycles. The van der Waals surface area contributed by atoms with E-state index in [2.05, 4.69) is 0 Å². The first-order valence-electron chi connectivity index (χ1n) is 7.87. The predicted molar refractivity (Wildman–Crippen MR) is 81.8 cm³/mol. The molecule has 0 amide bonds. The highest BCUT2D eigenvalue weighted by Gasteiger charge is 2.50. The third-order valence-corrected chi connectivity index (χ3v) is 4.80. The maximum atomic E-state index is 12.7. The van der Waals surface area contributed by atoms with E-state index in [-0.39, 0.29) is 22.4 Å². The molecule has 2 aliphatic carbocycles. The minimum absolute atomic E-state index is 0.0275. The summed E-state index contributed by atoms with van der Waals surface area (Å²) in [5.74, 6) is -1.16. The van der Waals surface area contributed by atoms with Gasteiger partial charge in [-0.05, 0) is 22.8 Å². The van der Waals surface area contributed by atoms with Gasteiger partial charge in [-0.2, -0.15) is 0 Å². The Morgan fingerprint density at radius 3 is 2.05 bits per heavy atom. The van der Waals surface area contributed by atoms with Crippen molar-refractivity contribution in [3.63, 3.8) is 0 Å². The van der Waals surface area contributed by atoms with Gasteiger partial charge in [0.05, 0.1) is 11.1 Å². The maximum Gasteiger partial charge on any atom is 0.235 e. The van der Waals surface area contributed by atoms with E-state index in [1.54, 1.807) is 0 Å². The molecule has 3 aliphatic rings. The van der Waals surface area contributed by atoms with Crippen molar-refractivity contribution < 1.29 is 19.4 Å². The Morgan fingerprint density at radius 1 is 0.864 bits per heavy atom. The average Bonchev–Trinajstić information content (AvgIpc) is 2.20. The smallest absolute Gasteiger partial charge is 0.235 e. The van der Waals surface area contributed by atoms with E-state index in [4.69, 9.17) is 4.74 Å². The van der Waals surface area contributed by atoms with Gasteiger partial charge in [0.25, 0.3) is 0 Å². The zero-order valence-electron chi connectivity index (χ0n) is 14.0. The van der Waals surface area contributed by atoms with Crippen molar-refractivity contribution in [2.45, 2.75) is 66.1 Å². The van der Waals surface area contributed by atoms with Gasteiger partial charge in [-0.25, -0.2) is 0 Å². The number of hydrogen-bond acceptors (Lipinski definition) is 4. The van der Waals surface area contributed by atoms with Gasteiger partial charge in [-0.3, -0.25) is 9.59 Å². The van der Waals surface area contributed by atoms with Crippen LogP contribution < -0.4 is 0 Å². The third-order valence-electron chi connectivity index (χ3n) is 4.80. The van der Waals surface area contributed by atoms with Crippen molar-refractivity contribution in [1.82, 2.24) is 0 Å². The minimum atomic E-state index is -1.63. The molecule has 1 N–H and O–H groups in total. The lowest BCUT2D eigenvalue weighted by atomic mass is 9.65. The number of rotatable bonds is 0. The van der Waals surface area contributed by atoms with Crippen LogP contribution in [0.15, 0.2) is 22.5 Å². The average molecular weight is 304 g/mol. The largest absolute Gasteiger partial charge is 0.462 e. The number of ketones is 2. The summed E-state index contributed by atoms with van der Waals surface area (Å²) >= 11 is 0. The van der Waals surface area contributed by atoms with Crippen molar-refractivity contribution >= 4 is 11.6 Å². The van der Waals surface area contributed by atoms with Crippen LogP contribution in [0.1, 0.15) is 60.3 Å². The van der Waals surface area contributed by atoms with Gasteiger partial charge in [-0.15, -0.1) is 0 Å². The summed E-state index contributed by atoms with van der Waals surface area (Å²) in [5, 5.41) is 10.7. The molecule has 0 saturated carbocycles. The summed E-state index contributed by atoms with van der Waals surface area (Å²) < 4.78 is 5.73. The second-order valence-electron chi connectivity index (χ2n) is 8.62. The molecule has 3 rings (SSSR count). The molecule has 0 fully saturated rings. The molecular weight excluding hydrogens is 280 g/mol. The fraction of sp³-hybridized carbons (Fsp3) is 0.667. The van der Waals surface area contributed by atoms with Crippen LogP contribution >= 0.6 is 0 Å². The second-order valence-corrected chi connectivity index (χ2v) is 8.62. The van der Waals surface area contributed by atoms with E-state index >= 15 is 0 Å². The summed E-state index contributed by atoms with van der Waals surface area (Å²) in [7, 11) is 0. The highest BCUT2D eigenvalue weighted by molar-refractivity contribution is 6.07. The first-order chi connectivity index (χ1) is 9.92. The van der Waals surface area contributed by atoms with Crippen LogP contribution in [-0.2, 0) is 14.3 Å². The van der Waals surface area contributed by atoms with Crippen molar-refractivity contribution in [3.8, 4) is 0 Å². The Kier molecular flexibility index (Phi) is 3.03. The molecular formula is C18H24O4. The van der Waals surface area contributed by atoms with E-state index in [0.29, 0.717) is 48.2 Å². The van der Waals surface area contributed by atoms with E-state index < -0.39 is 5.79 Å². The number of allylic oxidation sites excluding steroid dienone is 3. The molecule has 0 radical (unpaired) electrons. The van der Waals surface area contributed by atoms with Crippen molar-refractivity contribution in [1.29, 1.82) is 0 Å². The first-order valence-corrected chi connectivity index (χ1v) is 7.87. The third kappa shape index (κ3) is 2.34. The molecule has 0 spiro atoms. The molecule has 4 heteroatoms. The number of Topliss-reactive ketones (excluding diaryl/α,β-unsaturated/α-hetero) is 2. The summed E-state index contributed by atoms with van der Waals surface area (Å²) in [6.07, 6.45) is 2.05. The van der Waals surface area contributed by atoms with Crippen LogP contribution in [0.25, 0.3) is 0 Å². The van der Waals surface area contributed by atoms with Crippen LogP contribution in [0.5, 0.6) is 0 Å². The number of ether oxygens (including phenoxy) is 1. The predicted octanol–water partition coefficient (Wildman–Crippen LogP) is 3.05. The van der Waals surface area contributed by atoms with E-state index in [1.807, 2.05) is 27.7 Å². The molecule has 0 aromatic heterocycles. The van der Waals surface area contributed by atoms with Crippen molar-refractivity contribution in [2.24, 2.45) is 10.8 Å². The van der Waals surface area contributed by atoms with Crippen molar-refractivity contribution in [2.75, 3.05) is 0 Å². The lowest BCUT2D eigenvalue weighted by Crippen LogP contribution is -2.45. The Morgan fingerprint density at radius 2 is 1.41 bits per heavy atom. The van der Waals surface area contributed by atoms with E-state index in [9.17, 15) is 14.7 Å². The Hall–Kier alpha value is -1.42. The van der Waals surface area contributed by atoms with Gasteiger partial charge in [-0.1, -0.05) is 27.7 Å². The minimum Gasteiger partial charge on any atom is -0.462 e. The highest BCUT2D eigenvalue weighted by atomic mass is 16.6. The lowest BCUT2D eigenvalue weighted by Gasteiger charge is -2.45. The zero-order chi connectivity index (χ0) is 16.5. The fourth-order valence-electron chi connectivity index (χ4n) is 4.05. The molecule has 4 nitrogen and oxygen atoms in total. The molecule has 1 aliphatic heterocycles. The molecule has 1 atom stereocenters. The monoisotopic (exact) mass is 304 g/mol. The molecule has 0 aromatic rings. The van der Waals surface area contributed by atoms with Gasteiger partial charge in [0.2, 0.25) is 5.79 Å². The normalized spacial score (nSPS) is 33.4. The summed E-state index contributed by atoms with van der Waals surface area (Å²) in [6.45, 7) is 9.60. The molecule has 120 valence electrons. The Labute approximate surface area is 131 Å². The number of carbonyl (C=O) groups excluding carboxylic acids is 2.